The molecule has 1 atom stereocenters. The molecule has 2 aliphatic heterocycles. The van der Waals surface area contributed by atoms with E-state index in [9.17, 15) is 9.90 Å². The minimum atomic E-state index is -0.810. The molecule has 40 heavy (non-hydrogen) atoms. The van der Waals surface area contributed by atoms with E-state index in [0.717, 1.165) is 11.4 Å². The second-order valence-electron chi connectivity index (χ2n) is 9.65. The van der Waals surface area contributed by atoms with Gasteiger partial charge in [0.25, 0.3) is 0 Å². The highest BCUT2D eigenvalue weighted by atomic mass is 32.1. The van der Waals surface area contributed by atoms with Gasteiger partial charge in [0.15, 0.2) is 16.6 Å². The van der Waals surface area contributed by atoms with Crippen LogP contribution < -0.4 is 30.2 Å². The summed E-state index contributed by atoms with van der Waals surface area (Å²) in [5.41, 5.74) is 0.700. The largest absolute Gasteiger partial charge is 0.493 e. The number of benzene rings is 1. The normalized spacial score (nSPS) is 19.3. The third kappa shape index (κ3) is 6.77. The molecule has 218 valence electrons. The van der Waals surface area contributed by atoms with Crippen molar-refractivity contribution in [3.05, 3.63) is 40.2 Å². The molecule has 3 heterocycles. The van der Waals surface area contributed by atoms with E-state index in [4.69, 9.17) is 23.9 Å². The van der Waals surface area contributed by atoms with Gasteiger partial charge in [-0.15, -0.1) is 0 Å². The SMILES string of the molecule is CCOC(=O)c1sc(NC2=NC(C)(NCc3cc(OC)c(OC)c(OC)c3)C=C(N3CCC(O)CC3)N2)nc1C. The number of hydrogen-bond donors (Lipinski definition) is 4. The molecule has 2 aliphatic rings. The van der Waals surface area contributed by atoms with Gasteiger partial charge in [0.05, 0.1) is 39.7 Å². The monoisotopic (exact) mass is 574 g/mol. The van der Waals surface area contributed by atoms with Gasteiger partial charge >= 0.3 is 5.97 Å². The van der Waals surface area contributed by atoms with Gasteiger partial charge in [-0.2, -0.15) is 0 Å². The van der Waals surface area contributed by atoms with Gasteiger partial charge in [0.2, 0.25) is 11.7 Å². The third-order valence-corrected chi connectivity index (χ3v) is 7.72. The molecule has 4 rings (SSSR count). The van der Waals surface area contributed by atoms with Crippen LogP contribution >= 0.6 is 11.3 Å². The molecular weight excluding hydrogens is 536 g/mol. The number of aliphatic imine (C=N–C) groups is 1. The molecule has 0 amide bonds. The first-order chi connectivity index (χ1) is 19.2. The molecule has 0 saturated carbocycles. The third-order valence-electron chi connectivity index (χ3n) is 6.67. The molecule has 0 aliphatic carbocycles. The zero-order valence-electron chi connectivity index (χ0n) is 23.8. The lowest BCUT2D eigenvalue weighted by atomic mass is 10.1. The van der Waals surface area contributed by atoms with E-state index in [1.54, 1.807) is 35.2 Å². The van der Waals surface area contributed by atoms with Crippen molar-refractivity contribution >= 4 is 28.4 Å². The molecule has 0 radical (unpaired) electrons. The predicted molar refractivity (Wildman–Crippen MR) is 153 cm³/mol. The number of methoxy groups -OCH3 is 3. The Labute approximate surface area is 238 Å². The van der Waals surface area contributed by atoms with Crippen molar-refractivity contribution in [1.29, 1.82) is 0 Å². The number of aliphatic hydroxyl groups excluding tert-OH is 1. The molecule has 2 aromatic rings. The summed E-state index contributed by atoms with van der Waals surface area (Å²) in [6, 6.07) is 3.79. The van der Waals surface area contributed by atoms with E-state index in [1.807, 2.05) is 25.1 Å². The maximum atomic E-state index is 12.3. The Balaban J connectivity index is 1.60. The standard InChI is InChI=1S/C27H38N6O6S/c1-7-39-24(35)23-16(2)29-26(40-23)31-25-30-21(33-10-8-18(34)9-11-33)14-27(3,32-25)28-15-17-12-19(36-4)22(38-6)20(13-17)37-5/h12-14,18,28,34H,7-11,15H2,1-6H3,(H2,29,30,31,32). The van der Waals surface area contributed by atoms with E-state index in [1.165, 1.54) is 11.3 Å². The fraction of sp³-hybridized carbons (Fsp3) is 0.519. The molecule has 1 aromatic carbocycles. The zero-order chi connectivity index (χ0) is 28.9. The topological polar surface area (TPSA) is 139 Å². The molecule has 1 fully saturated rings. The Kier molecular flexibility index (Phi) is 9.38. The molecule has 12 nitrogen and oxygen atoms in total. The highest BCUT2D eigenvalue weighted by molar-refractivity contribution is 7.17. The quantitative estimate of drug-likeness (QED) is 0.312. The van der Waals surface area contributed by atoms with Gasteiger partial charge in [0, 0.05) is 19.6 Å². The van der Waals surface area contributed by atoms with Gasteiger partial charge in [-0.25, -0.2) is 14.8 Å². The summed E-state index contributed by atoms with van der Waals surface area (Å²) < 4.78 is 21.6. The number of carbonyl (C=O) groups is 1. The first-order valence-corrected chi connectivity index (χ1v) is 14.0. The lowest BCUT2D eigenvalue weighted by Crippen LogP contribution is -2.51. The number of guanidine groups is 1. The first-order valence-electron chi connectivity index (χ1n) is 13.2. The number of thiazole rings is 1. The van der Waals surface area contributed by atoms with Crippen LogP contribution in [0.2, 0.25) is 0 Å². The fourth-order valence-corrected chi connectivity index (χ4v) is 5.46. The summed E-state index contributed by atoms with van der Waals surface area (Å²) in [6.07, 6.45) is 3.10. The number of rotatable bonds is 10. The minimum Gasteiger partial charge on any atom is -0.493 e. The number of nitrogens with zero attached hydrogens (tertiary/aromatic N) is 3. The van der Waals surface area contributed by atoms with Crippen molar-refractivity contribution in [3.8, 4) is 17.2 Å². The number of nitrogens with one attached hydrogen (secondary N) is 3. The summed E-state index contributed by atoms with van der Waals surface area (Å²) in [7, 11) is 4.75. The first kappa shape index (κ1) is 29.4. The van der Waals surface area contributed by atoms with E-state index in [2.05, 4.69) is 25.8 Å². The van der Waals surface area contributed by atoms with Crippen LogP contribution in [0.25, 0.3) is 0 Å². The Morgan fingerprint density at radius 2 is 1.88 bits per heavy atom. The van der Waals surface area contributed by atoms with Crippen LogP contribution in [0.4, 0.5) is 5.13 Å². The van der Waals surface area contributed by atoms with Crippen LogP contribution in [0.1, 0.15) is 47.6 Å². The summed E-state index contributed by atoms with van der Waals surface area (Å²) in [5, 5.41) is 20.7. The maximum Gasteiger partial charge on any atom is 0.350 e. The molecule has 13 heteroatoms. The molecule has 4 N–H and O–H groups in total. The van der Waals surface area contributed by atoms with Crippen LogP contribution in [-0.4, -0.2) is 79.7 Å². The number of ether oxygens (including phenoxy) is 4. The molecular formula is C27H38N6O6S. The van der Waals surface area contributed by atoms with Crippen molar-refractivity contribution < 1.29 is 28.8 Å². The Bertz CT molecular complexity index is 1250. The molecule has 0 spiro atoms. The Morgan fingerprint density at radius 1 is 1.20 bits per heavy atom. The van der Waals surface area contributed by atoms with Crippen molar-refractivity contribution in [2.45, 2.75) is 51.9 Å². The minimum absolute atomic E-state index is 0.294. The Hall–Kier alpha value is -3.55. The lowest BCUT2D eigenvalue weighted by Gasteiger charge is -2.38. The summed E-state index contributed by atoms with van der Waals surface area (Å²) in [6.45, 7) is 7.69. The number of hydrogen-bond acceptors (Lipinski definition) is 13. The van der Waals surface area contributed by atoms with Crippen LogP contribution in [0.5, 0.6) is 17.2 Å². The number of aromatic nitrogens is 1. The summed E-state index contributed by atoms with van der Waals surface area (Å²) in [5.74, 6) is 2.62. The number of likely N-dealkylation sites (tertiary alicyclic amines) is 1. The van der Waals surface area contributed by atoms with E-state index < -0.39 is 11.6 Å². The van der Waals surface area contributed by atoms with Gasteiger partial charge in [-0.3, -0.25) is 5.32 Å². The number of carbonyl (C=O) groups excluding carboxylic acids is 1. The van der Waals surface area contributed by atoms with Gasteiger partial charge in [-0.05, 0) is 57.4 Å². The molecule has 1 saturated heterocycles. The molecule has 0 bridgehead atoms. The maximum absolute atomic E-state index is 12.3. The van der Waals surface area contributed by atoms with Crippen LogP contribution in [0.15, 0.2) is 29.0 Å². The van der Waals surface area contributed by atoms with Crippen LogP contribution in [0.3, 0.4) is 0 Å². The summed E-state index contributed by atoms with van der Waals surface area (Å²) >= 11 is 1.22. The number of esters is 1. The van der Waals surface area contributed by atoms with Crippen molar-refractivity contribution in [3.63, 3.8) is 0 Å². The van der Waals surface area contributed by atoms with Gasteiger partial charge < -0.3 is 39.6 Å². The number of piperidine rings is 1. The number of aryl methyl sites for hydroxylation is 1. The lowest BCUT2D eigenvalue weighted by molar-refractivity contribution is 0.0531. The van der Waals surface area contributed by atoms with Gasteiger partial charge in [0.1, 0.15) is 16.4 Å². The highest BCUT2D eigenvalue weighted by Crippen LogP contribution is 2.38. The average molecular weight is 575 g/mol. The van der Waals surface area contributed by atoms with E-state index in [0.29, 0.717) is 78.0 Å². The zero-order valence-corrected chi connectivity index (χ0v) is 24.6. The fourth-order valence-electron chi connectivity index (χ4n) is 4.60. The second kappa shape index (κ2) is 12.7. The second-order valence-corrected chi connectivity index (χ2v) is 10.6. The highest BCUT2D eigenvalue weighted by Gasteiger charge is 2.31. The average Bonchev–Trinajstić information content (AvgIpc) is 3.31. The number of aliphatic hydroxyl groups is 1. The van der Waals surface area contributed by atoms with Crippen molar-refractivity contribution in [1.82, 2.24) is 20.5 Å². The summed E-state index contributed by atoms with van der Waals surface area (Å²) in [4.78, 5) is 24.4. The van der Waals surface area contributed by atoms with Crippen molar-refractivity contribution in [2.75, 3.05) is 46.3 Å². The van der Waals surface area contributed by atoms with Crippen LogP contribution in [0, 0.1) is 6.92 Å². The Morgan fingerprint density at radius 3 is 2.48 bits per heavy atom. The number of anilines is 1. The van der Waals surface area contributed by atoms with E-state index in [-0.39, 0.29) is 6.10 Å². The predicted octanol–water partition coefficient (Wildman–Crippen LogP) is 2.83. The van der Waals surface area contributed by atoms with E-state index >= 15 is 0 Å². The van der Waals surface area contributed by atoms with Crippen molar-refractivity contribution in [2.24, 2.45) is 4.99 Å². The molecule has 1 aromatic heterocycles. The smallest absolute Gasteiger partial charge is 0.350 e. The molecule has 1 unspecified atom stereocenters. The van der Waals surface area contributed by atoms with Crippen LogP contribution in [-0.2, 0) is 11.3 Å². The van der Waals surface area contributed by atoms with Gasteiger partial charge in [-0.1, -0.05) is 11.3 Å².